The van der Waals surface area contributed by atoms with E-state index in [0.717, 1.165) is 37.2 Å². The van der Waals surface area contributed by atoms with Crippen molar-refractivity contribution in [1.82, 2.24) is 20.0 Å². The summed E-state index contributed by atoms with van der Waals surface area (Å²) in [5, 5.41) is 7.16. The number of aromatic nitrogens is 2. The van der Waals surface area contributed by atoms with Gasteiger partial charge in [-0.1, -0.05) is 18.9 Å². The molecule has 7 nitrogen and oxygen atoms in total. The quantitative estimate of drug-likeness (QED) is 0.831. The Kier molecular flexibility index (Phi) is 6.68. The van der Waals surface area contributed by atoms with Gasteiger partial charge in [0.2, 0.25) is 5.91 Å². The summed E-state index contributed by atoms with van der Waals surface area (Å²) < 4.78 is 7.01. The molecule has 0 radical (unpaired) electrons. The van der Waals surface area contributed by atoms with Gasteiger partial charge >= 0.3 is 0 Å². The molecular formula is C21H28N4O3. The highest BCUT2D eigenvalue weighted by Crippen LogP contribution is 2.23. The van der Waals surface area contributed by atoms with Gasteiger partial charge in [-0.15, -0.1) is 0 Å². The monoisotopic (exact) mass is 384 g/mol. The number of aryl methyl sites for hydroxylation is 1. The summed E-state index contributed by atoms with van der Waals surface area (Å²) in [4.78, 5) is 26.6. The average molecular weight is 384 g/mol. The minimum absolute atomic E-state index is 0.109. The number of rotatable bonds is 6. The van der Waals surface area contributed by atoms with Gasteiger partial charge in [0.05, 0.1) is 7.11 Å². The molecular weight excluding hydrogens is 356 g/mol. The first-order chi connectivity index (χ1) is 13.6. The molecule has 28 heavy (non-hydrogen) atoms. The molecule has 3 rings (SSSR count). The van der Waals surface area contributed by atoms with E-state index in [1.165, 1.54) is 12.8 Å². The Balaban J connectivity index is 1.56. The number of benzene rings is 1. The van der Waals surface area contributed by atoms with Crippen LogP contribution in [-0.2, 0) is 4.79 Å². The second-order valence-corrected chi connectivity index (χ2v) is 7.12. The molecule has 1 aliphatic heterocycles. The first-order valence-corrected chi connectivity index (χ1v) is 9.85. The molecule has 2 aromatic rings. The number of hydrogen-bond donors (Lipinski definition) is 1. The molecule has 1 aromatic carbocycles. The Bertz CT molecular complexity index is 823. The van der Waals surface area contributed by atoms with E-state index in [0.29, 0.717) is 24.4 Å². The molecule has 0 unspecified atom stereocenters. The number of carbonyl (C=O) groups is 2. The molecule has 1 saturated heterocycles. The molecule has 1 N–H and O–H groups in total. The van der Waals surface area contributed by atoms with Crippen molar-refractivity contribution in [2.75, 3.05) is 26.7 Å². The second kappa shape index (κ2) is 9.39. The molecule has 7 heteroatoms. The largest absolute Gasteiger partial charge is 0.494 e. The molecule has 1 aliphatic rings. The highest BCUT2D eigenvalue weighted by Gasteiger charge is 2.16. The van der Waals surface area contributed by atoms with Crippen molar-refractivity contribution in [3.05, 3.63) is 41.7 Å². The Morgan fingerprint density at radius 2 is 1.89 bits per heavy atom. The summed E-state index contributed by atoms with van der Waals surface area (Å²) in [6.45, 7) is 3.96. The zero-order chi connectivity index (χ0) is 19.9. The summed E-state index contributed by atoms with van der Waals surface area (Å²) in [5.74, 6) is 0.509. The van der Waals surface area contributed by atoms with Gasteiger partial charge < -0.3 is 15.0 Å². The fourth-order valence-corrected chi connectivity index (χ4v) is 3.41. The van der Waals surface area contributed by atoms with Crippen LogP contribution in [0, 0.1) is 6.92 Å². The normalized spacial score (nSPS) is 14.4. The van der Waals surface area contributed by atoms with E-state index >= 15 is 0 Å². The third-order valence-corrected chi connectivity index (χ3v) is 4.99. The number of hydrogen-bond acceptors (Lipinski definition) is 4. The summed E-state index contributed by atoms with van der Waals surface area (Å²) >= 11 is 0. The molecule has 1 fully saturated rings. The van der Waals surface area contributed by atoms with Crippen LogP contribution in [-0.4, -0.2) is 53.2 Å². The standard InChI is InChI=1S/C21H28N4O3/c1-16-7-8-19(28-2)18(15-16)25-14-10-17(23-25)21(27)22-11-9-20(26)24-12-5-3-4-6-13-24/h7-8,10,14-15H,3-6,9,11-13H2,1-2H3,(H,22,27). The maximum absolute atomic E-state index is 12.4. The number of carbonyl (C=O) groups excluding carboxylic acids is 2. The molecule has 0 saturated carbocycles. The molecule has 0 atom stereocenters. The van der Waals surface area contributed by atoms with Crippen LogP contribution in [0.5, 0.6) is 5.75 Å². The van der Waals surface area contributed by atoms with Gasteiger partial charge in [-0.25, -0.2) is 4.68 Å². The van der Waals surface area contributed by atoms with Crippen LogP contribution >= 0.6 is 0 Å². The minimum atomic E-state index is -0.283. The fourth-order valence-electron chi connectivity index (χ4n) is 3.41. The van der Waals surface area contributed by atoms with E-state index < -0.39 is 0 Å². The van der Waals surface area contributed by atoms with Crippen LogP contribution in [0.4, 0.5) is 0 Å². The predicted octanol–water partition coefficient (Wildman–Crippen LogP) is 2.71. The smallest absolute Gasteiger partial charge is 0.271 e. The van der Waals surface area contributed by atoms with E-state index in [2.05, 4.69) is 10.4 Å². The van der Waals surface area contributed by atoms with Gasteiger partial charge in [0.25, 0.3) is 5.91 Å². The Labute approximate surface area is 165 Å². The summed E-state index contributed by atoms with van der Waals surface area (Å²) in [5.41, 5.74) is 2.16. The van der Waals surface area contributed by atoms with Crippen LogP contribution in [0.1, 0.15) is 48.2 Å². The number of ether oxygens (including phenoxy) is 1. The first kappa shape index (κ1) is 19.9. The molecule has 0 bridgehead atoms. The summed E-state index contributed by atoms with van der Waals surface area (Å²) in [7, 11) is 1.60. The van der Waals surface area contributed by atoms with Crippen molar-refractivity contribution in [3.8, 4) is 11.4 Å². The van der Waals surface area contributed by atoms with Crippen molar-refractivity contribution in [2.45, 2.75) is 39.0 Å². The van der Waals surface area contributed by atoms with Crippen molar-refractivity contribution in [3.63, 3.8) is 0 Å². The predicted molar refractivity (Wildman–Crippen MR) is 107 cm³/mol. The van der Waals surface area contributed by atoms with E-state index in [1.54, 1.807) is 24.1 Å². The highest BCUT2D eigenvalue weighted by molar-refractivity contribution is 5.92. The number of likely N-dealkylation sites (tertiary alicyclic amines) is 1. The zero-order valence-corrected chi connectivity index (χ0v) is 16.6. The maximum Gasteiger partial charge on any atom is 0.271 e. The molecule has 0 spiro atoms. The number of nitrogens with zero attached hydrogens (tertiary/aromatic N) is 3. The number of nitrogens with one attached hydrogen (secondary N) is 1. The van der Waals surface area contributed by atoms with Gasteiger partial charge in [-0.2, -0.15) is 5.10 Å². The van der Waals surface area contributed by atoms with E-state index in [4.69, 9.17) is 4.74 Å². The Hall–Kier alpha value is -2.83. The van der Waals surface area contributed by atoms with Crippen LogP contribution in [0.15, 0.2) is 30.5 Å². The Morgan fingerprint density at radius 1 is 1.14 bits per heavy atom. The van der Waals surface area contributed by atoms with Gasteiger partial charge in [-0.05, 0) is 43.5 Å². The third-order valence-electron chi connectivity index (χ3n) is 4.99. The van der Waals surface area contributed by atoms with Gasteiger partial charge in [0.1, 0.15) is 11.4 Å². The lowest BCUT2D eigenvalue weighted by molar-refractivity contribution is -0.131. The lowest BCUT2D eigenvalue weighted by Gasteiger charge is -2.20. The zero-order valence-electron chi connectivity index (χ0n) is 16.6. The van der Waals surface area contributed by atoms with Crippen molar-refractivity contribution >= 4 is 11.8 Å². The highest BCUT2D eigenvalue weighted by atomic mass is 16.5. The first-order valence-electron chi connectivity index (χ1n) is 9.85. The topological polar surface area (TPSA) is 76.5 Å². The average Bonchev–Trinajstić information content (AvgIpc) is 3.03. The maximum atomic E-state index is 12.4. The fraction of sp³-hybridized carbons (Fsp3) is 0.476. The molecule has 1 aromatic heterocycles. The number of methoxy groups -OCH3 is 1. The SMILES string of the molecule is COc1ccc(C)cc1-n1ccc(C(=O)NCCC(=O)N2CCCCCC2)n1. The molecule has 150 valence electrons. The van der Waals surface area contributed by atoms with Crippen molar-refractivity contribution in [2.24, 2.45) is 0 Å². The summed E-state index contributed by atoms with van der Waals surface area (Å²) in [6, 6.07) is 7.45. The van der Waals surface area contributed by atoms with E-state index in [-0.39, 0.29) is 11.8 Å². The van der Waals surface area contributed by atoms with Crippen LogP contribution in [0.3, 0.4) is 0 Å². The van der Waals surface area contributed by atoms with E-state index in [9.17, 15) is 9.59 Å². The molecule has 2 amide bonds. The van der Waals surface area contributed by atoms with Crippen molar-refractivity contribution < 1.29 is 14.3 Å². The van der Waals surface area contributed by atoms with Crippen LogP contribution in [0.2, 0.25) is 0 Å². The molecule has 0 aliphatic carbocycles. The minimum Gasteiger partial charge on any atom is -0.494 e. The lowest BCUT2D eigenvalue weighted by atomic mass is 10.2. The van der Waals surface area contributed by atoms with Crippen molar-refractivity contribution in [1.29, 1.82) is 0 Å². The second-order valence-electron chi connectivity index (χ2n) is 7.12. The van der Waals surface area contributed by atoms with Gasteiger partial charge in [0.15, 0.2) is 5.69 Å². The summed E-state index contributed by atoms with van der Waals surface area (Å²) in [6.07, 6.45) is 6.56. The van der Waals surface area contributed by atoms with Gasteiger partial charge in [-0.3, -0.25) is 9.59 Å². The van der Waals surface area contributed by atoms with Gasteiger partial charge in [0, 0.05) is 32.3 Å². The van der Waals surface area contributed by atoms with Crippen LogP contribution < -0.4 is 10.1 Å². The Morgan fingerprint density at radius 3 is 2.61 bits per heavy atom. The lowest BCUT2D eigenvalue weighted by Crippen LogP contribution is -2.35. The number of amides is 2. The third kappa shape index (κ3) is 4.91. The molecule has 2 heterocycles. The van der Waals surface area contributed by atoms with E-state index in [1.807, 2.05) is 30.0 Å². The van der Waals surface area contributed by atoms with Crippen LogP contribution in [0.25, 0.3) is 5.69 Å².